The zero-order chi connectivity index (χ0) is 17.5. The van der Waals surface area contributed by atoms with Gasteiger partial charge < -0.3 is 0 Å². The Balaban J connectivity index is 1.79. The van der Waals surface area contributed by atoms with Gasteiger partial charge in [0, 0.05) is 5.56 Å². The first-order valence-corrected chi connectivity index (χ1v) is 9.06. The van der Waals surface area contributed by atoms with E-state index in [1.54, 1.807) is 11.3 Å². The van der Waals surface area contributed by atoms with Gasteiger partial charge in [0.05, 0.1) is 10.2 Å². The first-order valence-electron chi connectivity index (χ1n) is 8.24. The fraction of sp³-hybridized carbons (Fsp3) is 0. The van der Waals surface area contributed by atoms with E-state index in [0.29, 0.717) is 11.5 Å². The predicted octanol–water partition coefficient (Wildman–Crippen LogP) is 6.28. The smallest absolute Gasteiger partial charge is 0.210 e. The monoisotopic (exact) mass is 355 g/mol. The SMILES string of the molecule is O=Nc1c(-c2ccccc2)nc2sc3ccc(-c4ccccc4)cc3n12. The molecule has 0 unspecified atom stereocenters. The van der Waals surface area contributed by atoms with E-state index in [1.165, 1.54) is 0 Å². The number of rotatable bonds is 3. The van der Waals surface area contributed by atoms with Gasteiger partial charge in [0.25, 0.3) is 0 Å². The van der Waals surface area contributed by atoms with E-state index in [-0.39, 0.29) is 0 Å². The van der Waals surface area contributed by atoms with E-state index >= 15 is 0 Å². The summed E-state index contributed by atoms with van der Waals surface area (Å²) in [7, 11) is 0. The standard InChI is InChI=1S/C21H13N3OS/c25-23-20-19(15-9-5-2-6-10-15)22-21-24(20)17-13-16(11-12-18(17)26-21)14-7-3-1-4-8-14/h1-13H. The summed E-state index contributed by atoms with van der Waals surface area (Å²) >= 11 is 1.56. The average molecular weight is 355 g/mol. The molecule has 0 aliphatic carbocycles. The molecule has 2 aromatic heterocycles. The lowest BCUT2D eigenvalue weighted by Gasteiger charge is -2.02. The maximum Gasteiger partial charge on any atom is 0.210 e. The summed E-state index contributed by atoms with van der Waals surface area (Å²) in [4.78, 5) is 17.1. The molecular formula is C21H13N3OS. The summed E-state index contributed by atoms with van der Waals surface area (Å²) in [5.41, 5.74) is 4.71. The Hall–Kier alpha value is -3.31. The van der Waals surface area contributed by atoms with Crippen LogP contribution in [0.3, 0.4) is 0 Å². The van der Waals surface area contributed by atoms with Crippen LogP contribution in [-0.2, 0) is 0 Å². The summed E-state index contributed by atoms with van der Waals surface area (Å²) < 4.78 is 2.94. The summed E-state index contributed by atoms with van der Waals surface area (Å²) in [6.07, 6.45) is 0. The number of hydrogen-bond donors (Lipinski definition) is 0. The van der Waals surface area contributed by atoms with Crippen LogP contribution in [0.2, 0.25) is 0 Å². The van der Waals surface area contributed by atoms with E-state index in [1.807, 2.05) is 52.9 Å². The average Bonchev–Trinajstić information content (AvgIpc) is 3.24. The van der Waals surface area contributed by atoms with Crippen LogP contribution in [0.5, 0.6) is 0 Å². The molecule has 0 spiro atoms. The number of imidazole rings is 1. The van der Waals surface area contributed by atoms with E-state index in [0.717, 1.165) is 31.9 Å². The van der Waals surface area contributed by atoms with Crippen molar-refractivity contribution < 1.29 is 0 Å². The molecule has 124 valence electrons. The maximum atomic E-state index is 11.7. The van der Waals surface area contributed by atoms with Gasteiger partial charge in [-0.25, -0.2) is 4.98 Å². The van der Waals surface area contributed by atoms with Gasteiger partial charge in [0.15, 0.2) is 4.96 Å². The molecule has 0 radical (unpaired) electrons. The van der Waals surface area contributed by atoms with Crippen molar-refractivity contribution in [2.45, 2.75) is 0 Å². The normalized spacial score (nSPS) is 11.2. The molecule has 4 nitrogen and oxygen atoms in total. The molecule has 5 aromatic rings. The Labute approximate surface area is 153 Å². The van der Waals surface area contributed by atoms with Crippen LogP contribution in [0, 0.1) is 4.91 Å². The quantitative estimate of drug-likeness (QED) is 0.357. The molecular weight excluding hydrogens is 342 g/mol. The molecule has 26 heavy (non-hydrogen) atoms. The zero-order valence-electron chi connectivity index (χ0n) is 13.7. The van der Waals surface area contributed by atoms with Gasteiger partial charge in [-0.05, 0) is 28.4 Å². The number of aromatic nitrogens is 2. The van der Waals surface area contributed by atoms with Crippen molar-refractivity contribution in [3.8, 4) is 22.4 Å². The number of benzene rings is 3. The Morgan fingerprint density at radius 1 is 0.808 bits per heavy atom. The van der Waals surface area contributed by atoms with Gasteiger partial charge in [-0.3, -0.25) is 4.40 Å². The van der Waals surface area contributed by atoms with Crippen LogP contribution in [0.1, 0.15) is 0 Å². The van der Waals surface area contributed by atoms with Crippen LogP contribution in [0.25, 0.3) is 37.6 Å². The van der Waals surface area contributed by atoms with Crippen molar-refractivity contribution in [1.29, 1.82) is 0 Å². The van der Waals surface area contributed by atoms with Crippen molar-refractivity contribution in [1.82, 2.24) is 9.38 Å². The molecule has 0 saturated heterocycles. The Bertz CT molecular complexity index is 1240. The third kappa shape index (κ3) is 2.25. The zero-order valence-corrected chi connectivity index (χ0v) is 14.5. The van der Waals surface area contributed by atoms with Crippen LogP contribution in [0.15, 0.2) is 84.0 Å². The summed E-state index contributed by atoms with van der Waals surface area (Å²) in [5, 5.41) is 3.32. The molecule has 2 heterocycles. The third-order valence-corrected chi connectivity index (χ3v) is 5.49. The van der Waals surface area contributed by atoms with Crippen LogP contribution in [-0.4, -0.2) is 9.38 Å². The first-order chi connectivity index (χ1) is 12.8. The molecule has 0 fully saturated rings. The number of nitroso groups, excluding NO2 is 1. The highest BCUT2D eigenvalue weighted by molar-refractivity contribution is 7.23. The predicted molar refractivity (Wildman–Crippen MR) is 107 cm³/mol. The second kappa shape index (κ2) is 5.89. The van der Waals surface area contributed by atoms with E-state index in [2.05, 4.69) is 40.5 Å². The Morgan fingerprint density at radius 3 is 2.19 bits per heavy atom. The lowest BCUT2D eigenvalue weighted by Crippen LogP contribution is -1.83. The molecule has 5 rings (SSSR count). The fourth-order valence-corrected chi connectivity index (χ4v) is 4.24. The second-order valence-electron chi connectivity index (χ2n) is 6.01. The highest BCUT2D eigenvalue weighted by atomic mass is 32.1. The Kier molecular flexibility index (Phi) is 3.40. The first kappa shape index (κ1) is 15.0. The van der Waals surface area contributed by atoms with E-state index in [4.69, 9.17) is 0 Å². The molecule has 0 aliphatic rings. The van der Waals surface area contributed by atoms with Gasteiger partial charge in [-0.15, -0.1) is 4.91 Å². The lowest BCUT2D eigenvalue weighted by molar-refractivity contribution is 1.25. The number of nitrogens with zero attached hydrogens (tertiary/aromatic N) is 3. The van der Waals surface area contributed by atoms with E-state index < -0.39 is 0 Å². The van der Waals surface area contributed by atoms with Gasteiger partial charge in [0.2, 0.25) is 5.82 Å². The van der Waals surface area contributed by atoms with Crippen molar-refractivity contribution in [2.24, 2.45) is 5.18 Å². The van der Waals surface area contributed by atoms with Crippen LogP contribution in [0.4, 0.5) is 5.82 Å². The van der Waals surface area contributed by atoms with Crippen molar-refractivity contribution in [2.75, 3.05) is 0 Å². The fourth-order valence-electron chi connectivity index (χ4n) is 3.24. The summed E-state index contributed by atoms with van der Waals surface area (Å²) in [5.74, 6) is 0.350. The largest absolute Gasteiger partial charge is 0.264 e. The minimum absolute atomic E-state index is 0.350. The van der Waals surface area contributed by atoms with Gasteiger partial charge in [-0.1, -0.05) is 78.1 Å². The van der Waals surface area contributed by atoms with Gasteiger partial charge in [0.1, 0.15) is 5.69 Å². The molecule has 3 aromatic carbocycles. The molecule has 0 atom stereocenters. The van der Waals surface area contributed by atoms with Crippen molar-refractivity contribution in [3.05, 3.63) is 83.8 Å². The van der Waals surface area contributed by atoms with Crippen molar-refractivity contribution in [3.63, 3.8) is 0 Å². The molecule has 0 N–H and O–H groups in total. The minimum Gasteiger partial charge on any atom is -0.264 e. The molecule has 0 bridgehead atoms. The Morgan fingerprint density at radius 2 is 1.50 bits per heavy atom. The third-order valence-electron chi connectivity index (χ3n) is 4.46. The molecule has 0 saturated carbocycles. The van der Waals surface area contributed by atoms with Crippen LogP contribution < -0.4 is 0 Å². The summed E-state index contributed by atoms with van der Waals surface area (Å²) in [6, 6.07) is 26.2. The maximum absolute atomic E-state index is 11.7. The number of fused-ring (bicyclic) bond motifs is 3. The number of hydrogen-bond acceptors (Lipinski definition) is 4. The van der Waals surface area contributed by atoms with Gasteiger partial charge in [-0.2, -0.15) is 0 Å². The molecule has 5 heteroatoms. The highest BCUT2D eigenvalue weighted by Gasteiger charge is 2.19. The molecule has 0 aliphatic heterocycles. The molecule has 0 amide bonds. The van der Waals surface area contributed by atoms with Gasteiger partial charge >= 0.3 is 0 Å². The van der Waals surface area contributed by atoms with E-state index in [9.17, 15) is 4.91 Å². The number of thiazole rings is 1. The highest BCUT2D eigenvalue weighted by Crippen LogP contribution is 2.38. The topological polar surface area (TPSA) is 46.7 Å². The van der Waals surface area contributed by atoms with Crippen molar-refractivity contribution >= 4 is 32.3 Å². The van der Waals surface area contributed by atoms with Crippen LogP contribution >= 0.6 is 11.3 Å². The second-order valence-corrected chi connectivity index (χ2v) is 7.02. The minimum atomic E-state index is 0.350. The summed E-state index contributed by atoms with van der Waals surface area (Å²) in [6.45, 7) is 0. The lowest BCUT2D eigenvalue weighted by atomic mass is 10.1.